The van der Waals surface area contributed by atoms with Gasteiger partial charge in [0.2, 0.25) is 0 Å². The fourth-order valence-electron chi connectivity index (χ4n) is 8.92. The average Bonchev–Trinajstić information content (AvgIpc) is 3.26. The van der Waals surface area contributed by atoms with Crippen molar-refractivity contribution in [1.82, 2.24) is 0 Å². The highest BCUT2D eigenvalue weighted by molar-refractivity contribution is 6.36. The zero-order chi connectivity index (χ0) is 36.3. The van der Waals surface area contributed by atoms with E-state index in [2.05, 4.69) is 217 Å². The smallest absolute Gasteiger partial charge is 0.0462 e. The van der Waals surface area contributed by atoms with Crippen molar-refractivity contribution in [3.8, 4) is 22.3 Å². The molecule has 0 amide bonds. The lowest BCUT2D eigenvalue weighted by molar-refractivity contribution is 1.28. The van der Waals surface area contributed by atoms with Crippen molar-refractivity contribution in [3.63, 3.8) is 0 Å². The molecule has 0 atom stereocenters. The van der Waals surface area contributed by atoms with Crippen LogP contribution in [0, 0.1) is 0 Å². The summed E-state index contributed by atoms with van der Waals surface area (Å²) >= 11 is 0. The van der Waals surface area contributed by atoms with Gasteiger partial charge in [-0.3, -0.25) is 0 Å². The number of rotatable bonds is 5. The van der Waals surface area contributed by atoms with Crippen molar-refractivity contribution >= 4 is 81.7 Å². The third-order valence-corrected chi connectivity index (χ3v) is 11.3. The lowest BCUT2D eigenvalue weighted by Crippen LogP contribution is -2.09. The van der Waals surface area contributed by atoms with Gasteiger partial charge in [0.15, 0.2) is 0 Å². The zero-order valence-corrected chi connectivity index (χ0v) is 30.2. The lowest BCUT2D eigenvalue weighted by atomic mass is 9.81. The van der Waals surface area contributed by atoms with Gasteiger partial charge in [-0.05, 0) is 141 Å². The molecular weight excluding hydrogens is 663 g/mol. The predicted octanol–water partition coefficient (Wildman–Crippen LogP) is 15.4. The molecule has 0 fully saturated rings. The van der Waals surface area contributed by atoms with Gasteiger partial charge < -0.3 is 4.90 Å². The summed E-state index contributed by atoms with van der Waals surface area (Å²) in [4.78, 5) is 2.33. The van der Waals surface area contributed by atoms with Gasteiger partial charge in [-0.15, -0.1) is 0 Å². The molecule has 0 aliphatic rings. The minimum absolute atomic E-state index is 1.12. The first-order valence-electron chi connectivity index (χ1n) is 19.0. The Kier molecular flexibility index (Phi) is 7.25. The van der Waals surface area contributed by atoms with Crippen molar-refractivity contribution in [2.45, 2.75) is 0 Å². The van der Waals surface area contributed by atoms with Crippen LogP contribution in [0.15, 0.2) is 212 Å². The van der Waals surface area contributed by atoms with Crippen LogP contribution in [0.2, 0.25) is 0 Å². The van der Waals surface area contributed by atoms with Crippen LogP contribution in [-0.2, 0) is 0 Å². The molecule has 0 bridgehead atoms. The minimum Gasteiger partial charge on any atom is -0.311 e. The van der Waals surface area contributed by atoms with Crippen LogP contribution in [0.4, 0.5) is 17.1 Å². The van der Waals surface area contributed by atoms with E-state index in [1.54, 1.807) is 0 Å². The number of fused-ring (bicyclic) bond motifs is 9. The standard InChI is InChI=1S/C54H35N/c1-3-17-42(18-4-1)55(43-19-5-2-6-20-43)44-31-29-36(30-32-44)51-49-25-13-14-26-50(49)52(40-28-27-39-33-37-15-7-8-16-38(37)34-41(39)35-40)54-48-24-12-10-22-46(48)45-21-9-11-23-47(45)53(51)54/h1-35H. The molecule has 0 saturated carbocycles. The molecule has 11 aromatic carbocycles. The Balaban J connectivity index is 1.23. The summed E-state index contributed by atoms with van der Waals surface area (Å²) in [6, 6.07) is 77.8. The highest BCUT2D eigenvalue weighted by Gasteiger charge is 2.22. The first-order valence-corrected chi connectivity index (χ1v) is 19.0. The van der Waals surface area contributed by atoms with E-state index in [0.29, 0.717) is 0 Å². The largest absolute Gasteiger partial charge is 0.311 e. The number of para-hydroxylation sites is 2. The van der Waals surface area contributed by atoms with Crippen LogP contribution in [0.5, 0.6) is 0 Å². The van der Waals surface area contributed by atoms with Gasteiger partial charge in [0.1, 0.15) is 0 Å². The third kappa shape index (κ3) is 5.09. The van der Waals surface area contributed by atoms with E-state index in [1.165, 1.54) is 86.9 Å². The second kappa shape index (κ2) is 12.7. The van der Waals surface area contributed by atoms with Crippen LogP contribution in [-0.4, -0.2) is 0 Å². The maximum atomic E-state index is 2.41. The Morgan fingerprint density at radius 3 is 1.16 bits per heavy atom. The molecule has 11 aromatic rings. The van der Waals surface area contributed by atoms with E-state index in [4.69, 9.17) is 0 Å². The number of hydrogen-bond acceptors (Lipinski definition) is 1. The molecule has 0 N–H and O–H groups in total. The minimum atomic E-state index is 1.12. The van der Waals surface area contributed by atoms with Gasteiger partial charge in [-0.25, -0.2) is 0 Å². The maximum absolute atomic E-state index is 2.41. The summed E-state index contributed by atoms with van der Waals surface area (Å²) < 4.78 is 0. The molecule has 0 aliphatic heterocycles. The Morgan fingerprint density at radius 1 is 0.236 bits per heavy atom. The van der Waals surface area contributed by atoms with Crippen LogP contribution >= 0.6 is 0 Å². The monoisotopic (exact) mass is 697 g/mol. The molecule has 0 heterocycles. The van der Waals surface area contributed by atoms with E-state index in [1.807, 2.05) is 0 Å². The summed E-state index contributed by atoms with van der Waals surface area (Å²) in [6.07, 6.45) is 0. The highest BCUT2D eigenvalue weighted by atomic mass is 15.1. The van der Waals surface area contributed by atoms with Crippen molar-refractivity contribution in [1.29, 1.82) is 0 Å². The zero-order valence-electron chi connectivity index (χ0n) is 30.2. The summed E-state index contributed by atoms with van der Waals surface area (Å²) in [7, 11) is 0. The molecule has 0 unspecified atom stereocenters. The van der Waals surface area contributed by atoms with Crippen LogP contribution < -0.4 is 4.90 Å². The lowest BCUT2D eigenvalue weighted by Gasteiger charge is -2.26. The fourth-order valence-corrected chi connectivity index (χ4v) is 8.92. The SMILES string of the molecule is c1ccc(N(c2ccccc2)c2ccc(-c3c4ccccc4c(-c4ccc5cc6ccccc6cc5c4)c4c5ccccc5c5ccccc5c34)cc2)cc1. The van der Waals surface area contributed by atoms with E-state index >= 15 is 0 Å². The second-order valence-electron chi connectivity index (χ2n) is 14.5. The molecular formula is C54H35N. The highest BCUT2D eigenvalue weighted by Crippen LogP contribution is 2.50. The first-order chi connectivity index (χ1) is 27.3. The average molecular weight is 698 g/mol. The maximum Gasteiger partial charge on any atom is 0.0462 e. The fraction of sp³-hybridized carbons (Fsp3) is 0. The number of benzene rings is 11. The first kappa shape index (κ1) is 31.3. The van der Waals surface area contributed by atoms with Crippen molar-refractivity contribution in [2.24, 2.45) is 0 Å². The molecule has 0 radical (unpaired) electrons. The molecule has 0 aliphatic carbocycles. The summed E-state index contributed by atoms with van der Waals surface area (Å²) in [6.45, 7) is 0. The molecule has 11 rings (SSSR count). The topological polar surface area (TPSA) is 3.24 Å². The van der Waals surface area contributed by atoms with Crippen LogP contribution in [0.1, 0.15) is 0 Å². The summed E-state index contributed by atoms with van der Waals surface area (Å²) in [5.41, 5.74) is 8.34. The second-order valence-corrected chi connectivity index (χ2v) is 14.5. The Morgan fingerprint density at radius 2 is 0.618 bits per heavy atom. The predicted molar refractivity (Wildman–Crippen MR) is 237 cm³/mol. The van der Waals surface area contributed by atoms with Gasteiger partial charge in [0, 0.05) is 17.1 Å². The van der Waals surface area contributed by atoms with Gasteiger partial charge in [-0.1, -0.05) is 158 Å². The van der Waals surface area contributed by atoms with Crippen LogP contribution in [0.25, 0.3) is 86.9 Å². The summed E-state index contributed by atoms with van der Waals surface area (Å²) in [5, 5.41) is 15.2. The Labute approximate surface area is 320 Å². The Bertz CT molecular complexity index is 3200. The van der Waals surface area contributed by atoms with Gasteiger partial charge in [0.25, 0.3) is 0 Å². The van der Waals surface area contributed by atoms with E-state index in [9.17, 15) is 0 Å². The molecule has 0 aromatic heterocycles. The van der Waals surface area contributed by atoms with Crippen molar-refractivity contribution < 1.29 is 0 Å². The summed E-state index contributed by atoms with van der Waals surface area (Å²) in [5.74, 6) is 0. The quantitative estimate of drug-likeness (QED) is 0.128. The number of hydrogen-bond donors (Lipinski definition) is 0. The molecule has 256 valence electrons. The van der Waals surface area contributed by atoms with Crippen molar-refractivity contribution in [2.75, 3.05) is 4.90 Å². The molecule has 0 spiro atoms. The normalized spacial score (nSPS) is 11.6. The van der Waals surface area contributed by atoms with Gasteiger partial charge in [0.05, 0.1) is 0 Å². The third-order valence-electron chi connectivity index (χ3n) is 11.3. The number of nitrogens with zero attached hydrogens (tertiary/aromatic N) is 1. The van der Waals surface area contributed by atoms with E-state index in [0.717, 1.165) is 17.1 Å². The number of anilines is 3. The molecule has 0 saturated heterocycles. The van der Waals surface area contributed by atoms with Gasteiger partial charge >= 0.3 is 0 Å². The van der Waals surface area contributed by atoms with Gasteiger partial charge in [-0.2, -0.15) is 0 Å². The molecule has 1 heteroatoms. The molecule has 55 heavy (non-hydrogen) atoms. The van der Waals surface area contributed by atoms with E-state index in [-0.39, 0.29) is 0 Å². The van der Waals surface area contributed by atoms with Crippen LogP contribution in [0.3, 0.4) is 0 Å². The molecule has 1 nitrogen and oxygen atoms in total. The Hall–Kier alpha value is -7.22. The van der Waals surface area contributed by atoms with Crippen molar-refractivity contribution in [3.05, 3.63) is 212 Å². The van der Waals surface area contributed by atoms with E-state index < -0.39 is 0 Å².